The van der Waals surface area contributed by atoms with Gasteiger partial charge in [-0.05, 0) is 57.1 Å². The van der Waals surface area contributed by atoms with E-state index in [4.69, 9.17) is 17.2 Å². The quantitative estimate of drug-likeness (QED) is 0.283. The van der Waals surface area contributed by atoms with Crippen LogP contribution in [0.1, 0.15) is 79.7 Å². The lowest BCUT2D eigenvalue weighted by molar-refractivity contribution is -0.139. The number of ether oxygens (including phenoxy) is 1. The highest BCUT2D eigenvalue weighted by atomic mass is 32.1. The van der Waals surface area contributed by atoms with Crippen LogP contribution in [0.5, 0.6) is 0 Å². The van der Waals surface area contributed by atoms with E-state index in [1.807, 2.05) is 23.6 Å². The molecule has 1 amide bonds. The SMILES string of the molecule is CCCC(CCCC(=S)NCC(=O)OC)c1nc(C(=O)Nc2ccccc2N2CCCCC2)cs1. The average Bonchev–Trinajstić information content (AvgIpc) is 3.38. The van der Waals surface area contributed by atoms with Crippen LogP contribution in [0.2, 0.25) is 0 Å². The van der Waals surface area contributed by atoms with Crippen molar-refractivity contribution in [3.8, 4) is 0 Å². The van der Waals surface area contributed by atoms with Crippen LogP contribution in [0.3, 0.4) is 0 Å². The maximum absolute atomic E-state index is 13.0. The van der Waals surface area contributed by atoms with E-state index in [0.29, 0.717) is 17.1 Å². The third kappa shape index (κ3) is 8.28. The maximum atomic E-state index is 13.0. The van der Waals surface area contributed by atoms with Gasteiger partial charge < -0.3 is 20.3 Å². The molecular formula is C26H36N4O3S2. The second kappa shape index (κ2) is 14.1. The van der Waals surface area contributed by atoms with Crippen molar-refractivity contribution in [1.29, 1.82) is 0 Å². The number of anilines is 2. The Morgan fingerprint density at radius 1 is 1.20 bits per heavy atom. The van der Waals surface area contributed by atoms with E-state index in [1.54, 1.807) is 11.3 Å². The lowest BCUT2D eigenvalue weighted by atomic mass is 9.97. The summed E-state index contributed by atoms with van der Waals surface area (Å²) in [5, 5.41) is 8.89. The molecule has 0 spiro atoms. The molecule has 1 aromatic heterocycles. The van der Waals surface area contributed by atoms with Gasteiger partial charge >= 0.3 is 5.97 Å². The number of aromatic nitrogens is 1. The summed E-state index contributed by atoms with van der Waals surface area (Å²) >= 11 is 6.88. The van der Waals surface area contributed by atoms with Gasteiger partial charge in [-0.1, -0.05) is 37.7 Å². The number of thiazole rings is 1. The first-order chi connectivity index (χ1) is 17.0. The molecule has 2 aromatic rings. The number of hydrogen-bond acceptors (Lipinski definition) is 7. The topological polar surface area (TPSA) is 83.6 Å². The number of hydrogen-bond donors (Lipinski definition) is 2. The summed E-state index contributed by atoms with van der Waals surface area (Å²) < 4.78 is 4.63. The number of nitrogens with zero attached hydrogens (tertiary/aromatic N) is 2. The van der Waals surface area contributed by atoms with Gasteiger partial charge in [-0.15, -0.1) is 11.3 Å². The Hall–Kier alpha value is -2.52. The number of esters is 1. The minimum absolute atomic E-state index is 0.0968. The van der Waals surface area contributed by atoms with Crippen LogP contribution >= 0.6 is 23.6 Å². The Morgan fingerprint density at radius 3 is 2.71 bits per heavy atom. The summed E-state index contributed by atoms with van der Waals surface area (Å²) in [6, 6.07) is 8.02. The molecule has 1 unspecified atom stereocenters. The maximum Gasteiger partial charge on any atom is 0.325 e. The van der Waals surface area contributed by atoms with Crippen LogP contribution in [-0.2, 0) is 9.53 Å². The van der Waals surface area contributed by atoms with Crippen LogP contribution in [0.25, 0.3) is 0 Å². The standard InChI is InChI=1S/C26H36N4O3S2/c1-3-10-19(11-9-14-23(34)27-17-24(31)33-2)26-29-21(18-35-26)25(32)28-20-12-5-6-13-22(20)30-15-7-4-8-16-30/h5-6,12-13,18-19H,3-4,7-11,14-17H2,1-2H3,(H,27,34)(H,28,32). The fraction of sp³-hybridized carbons (Fsp3) is 0.538. The molecule has 0 radical (unpaired) electrons. The average molecular weight is 517 g/mol. The number of nitrogens with one attached hydrogen (secondary N) is 2. The summed E-state index contributed by atoms with van der Waals surface area (Å²) in [5.74, 6) is -0.209. The molecule has 3 rings (SSSR count). The zero-order valence-electron chi connectivity index (χ0n) is 20.7. The monoisotopic (exact) mass is 516 g/mol. The number of benzene rings is 1. The van der Waals surface area contributed by atoms with Gasteiger partial charge in [0.15, 0.2) is 0 Å². The molecule has 9 heteroatoms. The van der Waals surface area contributed by atoms with Gasteiger partial charge in [0.2, 0.25) is 0 Å². The van der Waals surface area contributed by atoms with Crippen molar-refractivity contribution >= 4 is 51.8 Å². The first kappa shape index (κ1) is 27.1. The lowest BCUT2D eigenvalue weighted by Gasteiger charge is -2.30. The Labute approximate surface area is 217 Å². The number of piperidine rings is 1. The van der Waals surface area contributed by atoms with Crippen molar-refractivity contribution in [2.45, 2.75) is 64.2 Å². The van der Waals surface area contributed by atoms with E-state index >= 15 is 0 Å². The van der Waals surface area contributed by atoms with Crippen LogP contribution in [0.15, 0.2) is 29.6 Å². The van der Waals surface area contributed by atoms with Gasteiger partial charge in [0.05, 0.1) is 28.5 Å². The number of rotatable bonds is 12. The van der Waals surface area contributed by atoms with Gasteiger partial charge in [-0.25, -0.2) is 4.98 Å². The van der Waals surface area contributed by atoms with Gasteiger partial charge in [-0.2, -0.15) is 0 Å². The van der Waals surface area contributed by atoms with Gasteiger partial charge in [0.1, 0.15) is 12.2 Å². The fourth-order valence-corrected chi connectivity index (χ4v) is 5.52. The van der Waals surface area contributed by atoms with Crippen LogP contribution < -0.4 is 15.5 Å². The highest BCUT2D eigenvalue weighted by molar-refractivity contribution is 7.80. The molecule has 1 aliphatic rings. The molecule has 190 valence electrons. The fourth-order valence-electron chi connectivity index (χ4n) is 4.34. The van der Waals surface area contributed by atoms with Gasteiger partial charge in [-0.3, -0.25) is 9.59 Å². The second-order valence-electron chi connectivity index (χ2n) is 8.82. The highest BCUT2D eigenvalue weighted by Gasteiger charge is 2.20. The number of carbonyl (C=O) groups excluding carboxylic acids is 2. The third-order valence-electron chi connectivity index (χ3n) is 6.20. The van der Waals surface area contributed by atoms with Crippen molar-refractivity contribution in [3.63, 3.8) is 0 Å². The highest BCUT2D eigenvalue weighted by Crippen LogP contribution is 2.31. The molecule has 35 heavy (non-hydrogen) atoms. The van der Waals surface area contributed by atoms with Crippen LogP contribution in [-0.4, -0.2) is 48.6 Å². The molecule has 1 atom stereocenters. The molecule has 2 heterocycles. The Kier molecular flexibility index (Phi) is 10.9. The van der Waals surface area contributed by atoms with E-state index in [9.17, 15) is 9.59 Å². The van der Waals surface area contributed by atoms with Crippen molar-refractivity contribution < 1.29 is 14.3 Å². The summed E-state index contributed by atoms with van der Waals surface area (Å²) in [4.78, 5) is 32.0. The molecular weight excluding hydrogens is 480 g/mol. The van der Waals surface area contributed by atoms with E-state index in [-0.39, 0.29) is 24.3 Å². The first-order valence-corrected chi connectivity index (χ1v) is 13.7. The van der Waals surface area contributed by atoms with Crippen molar-refractivity contribution in [1.82, 2.24) is 10.3 Å². The Morgan fingerprint density at radius 2 is 1.97 bits per heavy atom. The summed E-state index contributed by atoms with van der Waals surface area (Å²) in [7, 11) is 1.36. The minimum atomic E-state index is -0.330. The molecule has 2 N–H and O–H groups in total. The van der Waals surface area contributed by atoms with Crippen molar-refractivity contribution in [3.05, 3.63) is 40.3 Å². The van der Waals surface area contributed by atoms with Crippen LogP contribution in [0.4, 0.5) is 11.4 Å². The Bertz CT molecular complexity index is 988. The van der Waals surface area contributed by atoms with Gasteiger partial charge in [0.25, 0.3) is 5.91 Å². The smallest absolute Gasteiger partial charge is 0.325 e. The zero-order valence-corrected chi connectivity index (χ0v) is 22.3. The van der Waals surface area contributed by atoms with Crippen LogP contribution in [0, 0.1) is 0 Å². The molecule has 1 fully saturated rings. The summed E-state index contributed by atoms with van der Waals surface area (Å²) in [6.07, 6.45) is 8.21. The van der Waals surface area contributed by atoms with Crippen molar-refractivity contribution in [2.75, 3.05) is 37.0 Å². The first-order valence-electron chi connectivity index (χ1n) is 12.5. The zero-order chi connectivity index (χ0) is 25.0. The normalized spacial score (nSPS) is 14.3. The molecule has 0 aliphatic carbocycles. The molecule has 1 saturated heterocycles. The second-order valence-corrected chi connectivity index (χ2v) is 10.2. The molecule has 0 bridgehead atoms. The number of para-hydroxylation sites is 2. The Balaban J connectivity index is 1.58. The number of amides is 1. The van der Waals surface area contributed by atoms with E-state index in [2.05, 4.69) is 33.3 Å². The number of carbonyl (C=O) groups is 2. The van der Waals surface area contributed by atoms with E-state index < -0.39 is 0 Å². The van der Waals surface area contributed by atoms with Gasteiger partial charge in [0, 0.05) is 24.4 Å². The predicted octanol–water partition coefficient (Wildman–Crippen LogP) is 5.53. The largest absolute Gasteiger partial charge is 0.468 e. The van der Waals surface area contributed by atoms with Crippen molar-refractivity contribution in [2.24, 2.45) is 0 Å². The molecule has 7 nitrogen and oxygen atoms in total. The van der Waals surface area contributed by atoms with E-state index in [0.717, 1.165) is 55.2 Å². The molecule has 1 aliphatic heterocycles. The predicted molar refractivity (Wildman–Crippen MR) is 147 cm³/mol. The molecule has 1 aromatic carbocycles. The summed E-state index contributed by atoms with van der Waals surface area (Å²) in [6.45, 7) is 4.30. The summed E-state index contributed by atoms with van der Waals surface area (Å²) in [5.41, 5.74) is 2.39. The van der Waals surface area contributed by atoms with E-state index in [1.165, 1.54) is 26.4 Å². The number of thiocarbonyl (C=S) groups is 1. The molecule has 0 saturated carbocycles. The number of methoxy groups -OCH3 is 1. The minimum Gasteiger partial charge on any atom is -0.468 e. The lowest BCUT2D eigenvalue weighted by Crippen LogP contribution is -2.30. The third-order valence-corrected chi connectivity index (χ3v) is 7.56.